The van der Waals surface area contributed by atoms with Crippen LogP contribution in [0.15, 0.2) is 30.3 Å². The van der Waals surface area contributed by atoms with E-state index in [0.717, 1.165) is 0 Å². The fraction of sp³-hybridized carbons (Fsp3) is 0.0833. The van der Waals surface area contributed by atoms with Crippen LogP contribution in [0.3, 0.4) is 0 Å². The zero-order valence-electron chi connectivity index (χ0n) is 9.01. The normalized spacial score (nSPS) is 9.71. The molecular weight excluding hydrogens is 238 g/mol. The summed E-state index contributed by atoms with van der Waals surface area (Å²) in [6, 6.07) is 10.5. The molecule has 0 aliphatic heterocycles. The van der Waals surface area contributed by atoms with Gasteiger partial charge in [-0.25, -0.2) is 4.98 Å². The number of aryl methyl sites for hydroxylation is 1. The highest BCUT2D eigenvalue weighted by atomic mass is 35.5. The summed E-state index contributed by atoms with van der Waals surface area (Å²) in [4.78, 5) is 8.02. The summed E-state index contributed by atoms with van der Waals surface area (Å²) in [5, 5.41) is 9.40. The Kier molecular flexibility index (Phi) is 3.22. The topological polar surface area (TPSA) is 58.8 Å². The summed E-state index contributed by atoms with van der Waals surface area (Å²) < 4.78 is 5.42. The van der Waals surface area contributed by atoms with Gasteiger partial charge in [0.05, 0.1) is 0 Å². The molecule has 84 valence electrons. The Balaban J connectivity index is 2.27. The molecule has 2 aromatic rings. The number of nitriles is 1. The summed E-state index contributed by atoms with van der Waals surface area (Å²) in [7, 11) is 0. The Morgan fingerprint density at radius 3 is 2.59 bits per heavy atom. The van der Waals surface area contributed by atoms with Gasteiger partial charge >= 0.3 is 6.01 Å². The quantitative estimate of drug-likeness (QED) is 0.816. The van der Waals surface area contributed by atoms with Gasteiger partial charge in [0.15, 0.2) is 0 Å². The van der Waals surface area contributed by atoms with Gasteiger partial charge in [0.1, 0.15) is 17.5 Å². The molecule has 0 fully saturated rings. The zero-order valence-corrected chi connectivity index (χ0v) is 9.77. The lowest BCUT2D eigenvalue weighted by Crippen LogP contribution is -1.96. The molecule has 0 aliphatic rings. The number of benzene rings is 1. The lowest BCUT2D eigenvalue weighted by atomic mass is 10.3. The van der Waals surface area contributed by atoms with E-state index < -0.39 is 0 Å². The number of aromatic nitrogens is 2. The van der Waals surface area contributed by atoms with Crippen molar-refractivity contribution in [2.45, 2.75) is 6.92 Å². The Labute approximate surface area is 103 Å². The van der Waals surface area contributed by atoms with Crippen molar-refractivity contribution in [2.24, 2.45) is 0 Å². The Morgan fingerprint density at radius 1 is 1.24 bits per heavy atom. The predicted molar refractivity (Wildman–Crippen MR) is 63.0 cm³/mol. The van der Waals surface area contributed by atoms with Crippen molar-refractivity contribution in [3.05, 3.63) is 46.7 Å². The highest BCUT2D eigenvalue weighted by molar-refractivity contribution is 6.30. The average Bonchev–Trinajstić information content (AvgIpc) is 2.31. The van der Waals surface area contributed by atoms with Crippen molar-refractivity contribution < 1.29 is 4.74 Å². The summed E-state index contributed by atoms with van der Waals surface area (Å²) in [5.74, 6) is 0.573. The van der Waals surface area contributed by atoms with Crippen LogP contribution in [-0.4, -0.2) is 9.97 Å². The molecule has 5 heteroatoms. The molecule has 0 aliphatic carbocycles. The summed E-state index contributed by atoms with van der Waals surface area (Å²) in [5.41, 5.74) is 0.960. The molecule has 0 saturated heterocycles. The molecule has 17 heavy (non-hydrogen) atoms. The van der Waals surface area contributed by atoms with Crippen LogP contribution in [0.5, 0.6) is 11.8 Å². The molecule has 0 unspecified atom stereocenters. The second-order valence-corrected chi connectivity index (χ2v) is 3.78. The van der Waals surface area contributed by atoms with Crippen LogP contribution in [0.2, 0.25) is 5.02 Å². The number of hydrogen-bond acceptors (Lipinski definition) is 4. The van der Waals surface area contributed by atoms with E-state index in [4.69, 9.17) is 21.6 Å². The summed E-state index contributed by atoms with van der Waals surface area (Å²) in [6.07, 6.45) is 0. The van der Waals surface area contributed by atoms with E-state index >= 15 is 0 Å². The molecule has 0 saturated carbocycles. The SMILES string of the molecule is Cc1cc(C#N)nc(Oc2ccc(Cl)cc2)n1. The lowest BCUT2D eigenvalue weighted by molar-refractivity contribution is 0.440. The van der Waals surface area contributed by atoms with Crippen LogP contribution in [0, 0.1) is 18.3 Å². The van der Waals surface area contributed by atoms with E-state index in [1.807, 2.05) is 6.07 Å². The molecule has 2 rings (SSSR count). The second-order valence-electron chi connectivity index (χ2n) is 3.34. The van der Waals surface area contributed by atoms with E-state index in [2.05, 4.69) is 9.97 Å². The van der Waals surface area contributed by atoms with Crippen molar-refractivity contribution >= 4 is 11.6 Å². The molecule has 4 nitrogen and oxygen atoms in total. The summed E-state index contributed by atoms with van der Waals surface area (Å²) >= 11 is 5.76. The summed E-state index contributed by atoms with van der Waals surface area (Å²) in [6.45, 7) is 1.78. The van der Waals surface area contributed by atoms with Crippen molar-refractivity contribution in [3.63, 3.8) is 0 Å². The van der Waals surface area contributed by atoms with Crippen LogP contribution < -0.4 is 4.74 Å². The number of ether oxygens (including phenoxy) is 1. The highest BCUT2D eigenvalue weighted by Crippen LogP contribution is 2.20. The standard InChI is InChI=1S/C12H8ClN3O/c1-8-6-10(7-14)16-12(15-8)17-11-4-2-9(13)3-5-11/h2-6H,1H3. The molecule has 0 spiro atoms. The van der Waals surface area contributed by atoms with Crippen molar-refractivity contribution in [3.8, 4) is 17.8 Å². The van der Waals surface area contributed by atoms with E-state index in [1.165, 1.54) is 0 Å². The molecular formula is C12H8ClN3O. The minimum atomic E-state index is 0.156. The maximum Gasteiger partial charge on any atom is 0.323 e. The van der Waals surface area contributed by atoms with Gasteiger partial charge in [-0.3, -0.25) is 0 Å². The van der Waals surface area contributed by atoms with Gasteiger partial charge in [-0.2, -0.15) is 10.2 Å². The first kappa shape index (κ1) is 11.4. The third kappa shape index (κ3) is 2.92. The number of halogens is 1. The van der Waals surface area contributed by atoms with Gasteiger partial charge in [0.25, 0.3) is 0 Å². The first-order valence-electron chi connectivity index (χ1n) is 4.86. The van der Waals surface area contributed by atoms with Crippen LogP contribution in [0.1, 0.15) is 11.4 Å². The predicted octanol–water partition coefficient (Wildman–Crippen LogP) is 3.10. The van der Waals surface area contributed by atoms with Crippen LogP contribution in [0.25, 0.3) is 0 Å². The lowest BCUT2D eigenvalue weighted by Gasteiger charge is -2.04. The highest BCUT2D eigenvalue weighted by Gasteiger charge is 2.04. The van der Waals surface area contributed by atoms with Crippen molar-refractivity contribution in [1.82, 2.24) is 9.97 Å². The molecule has 0 radical (unpaired) electrons. The molecule has 0 N–H and O–H groups in total. The minimum Gasteiger partial charge on any atom is -0.424 e. The monoisotopic (exact) mass is 245 g/mol. The third-order valence-electron chi connectivity index (χ3n) is 1.97. The largest absolute Gasteiger partial charge is 0.424 e. The molecule has 0 bridgehead atoms. The van der Waals surface area contributed by atoms with Gasteiger partial charge in [-0.1, -0.05) is 11.6 Å². The third-order valence-corrected chi connectivity index (χ3v) is 2.22. The van der Waals surface area contributed by atoms with Gasteiger partial charge < -0.3 is 4.74 Å². The maximum absolute atomic E-state index is 8.78. The fourth-order valence-corrected chi connectivity index (χ4v) is 1.38. The van der Waals surface area contributed by atoms with Gasteiger partial charge in [-0.15, -0.1) is 0 Å². The molecule has 0 atom stereocenters. The Morgan fingerprint density at radius 2 is 1.94 bits per heavy atom. The van der Waals surface area contributed by atoms with Crippen LogP contribution in [-0.2, 0) is 0 Å². The second kappa shape index (κ2) is 4.81. The van der Waals surface area contributed by atoms with Gasteiger partial charge in [-0.05, 0) is 37.3 Å². The van der Waals surface area contributed by atoms with Crippen LogP contribution in [0.4, 0.5) is 0 Å². The molecule has 1 aromatic carbocycles. The fourth-order valence-electron chi connectivity index (χ4n) is 1.25. The number of nitrogens with zero attached hydrogens (tertiary/aromatic N) is 3. The smallest absolute Gasteiger partial charge is 0.323 e. The first-order valence-corrected chi connectivity index (χ1v) is 5.24. The van der Waals surface area contributed by atoms with Gasteiger partial charge in [0, 0.05) is 10.7 Å². The van der Waals surface area contributed by atoms with E-state index in [1.54, 1.807) is 37.3 Å². The van der Waals surface area contributed by atoms with Crippen molar-refractivity contribution in [1.29, 1.82) is 5.26 Å². The van der Waals surface area contributed by atoms with E-state index in [-0.39, 0.29) is 11.7 Å². The van der Waals surface area contributed by atoms with Crippen molar-refractivity contribution in [2.75, 3.05) is 0 Å². The van der Waals surface area contributed by atoms with Gasteiger partial charge in [0.2, 0.25) is 0 Å². The molecule has 1 heterocycles. The Bertz CT molecular complexity index is 575. The first-order chi connectivity index (χ1) is 8.17. The Hall–Kier alpha value is -2.12. The maximum atomic E-state index is 8.78. The minimum absolute atomic E-state index is 0.156. The molecule has 1 aromatic heterocycles. The molecule has 0 amide bonds. The van der Waals surface area contributed by atoms with E-state index in [9.17, 15) is 0 Å². The number of hydrogen-bond donors (Lipinski definition) is 0. The average molecular weight is 246 g/mol. The van der Waals surface area contributed by atoms with E-state index in [0.29, 0.717) is 16.5 Å². The number of rotatable bonds is 2. The zero-order chi connectivity index (χ0) is 12.3. The van der Waals surface area contributed by atoms with Crippen LogP contribution >= 0.6 is 11.6 Å².